The molecule has 1 aliphatic heterocycles. The van der Waals surface area contributed by atoms with E-state index in [4.69, 9.17) is 14.5 Å². The van der Waals surface area contributed by atoms with E-state index < -0.39 is 5.97 Å². The molecule has 3 aromatic rings. The third-order valence-corrected chi connectivity index (χ3v) is 5.03. The van der Waals surface area contributed by atoms with Gasteiger partial charge in [-0.05, 0) is 31.2 Å². The fraction of sp³-hybridized carbons (Fsp3) is 0.318. The van der Waals surface area contributed by atoms with Crippen molar-refractivity contribution in [3.8, 4) is 5.75 Å². The van der Waals surface area contributed by atoms with Crippen LogP contribution < -0.4 is 14.5 Å². The molecule has 7 heteroatoms. The highest BCUT2D eigenvalue weighted by Crippen LogP contribution is 2.30. The lowest BCUT2D eigenvalue weighted by molar-refractivity contribution is 0.0520. The number of carbonyl (C=O) groups excluding carboxylic acids is 1. The molecule has 0 aliphatic carbocycles. The monoisotopic (exact) mass is 392 g/mol. The first kappa shape index (κ1) is 19.0. The summed E-state index contributed by atoms with van der Waals surface area (Å²) in [6, 6.07) is 15.6. The van der Waals surface area contributed by atoms with E-state index in [0.29, 0.717) is 17.9 Å². The summed E-state index contributed by atoms with van der Waals surface area (Å²) in [5, 5.41) is 0. The number of para-hydroxylation sites is 4. The number of piperazine rings is 1. The van der Waals surface area contributed by atoms with Crippen LogP contribution in [-0.4, -0.2) is 55.8 Å². The number of ether oxygens (including phenoxy) is 2. The predicted molar refractivity (Wildman–Crippen MR) is 113 cm³/mol. The Kier molecular flexibility index (Phi) is 5.46. The second-order valence-corrected chi connectivity index (χ2v) is 6.75. The number of fused-ring (bicyclic) bond motifs is 1. The second-order valence-electron chi connectivity index (χ2n) is 6.75. The maximum absolute atomic E-state index is 12.5. The quantitative estimate of drug-likeness (QED) is 0.618. The van der Waals surface area contributed by atoms with E-state index in [1.54, 1.807) is 14.0 Å². The standard InChI is InChI=1S/C22H24N4O3/c1-3-29-22(27)20-21(24-17-9-5-4-8-16(17)23-20)26-14-12-25(13-15-26)18-10-6-7-11-19(18)28-2/h4-11H,3,12-15H2,1-2H3. The summed E-state index contributed by atoms with van der Waals surface area (Å²) < 4.78 is 10.7. The van der Waals surface area contributed by atoms with Crippen LogP contribution in [0.25, 0.3) is 11.0 Å². The largest absolute Gasteiger partial charge is 0.495 e. The predicted octanol–water partition coefficient (Wildman–Crippen LogP) is 3.14. The van der Waals surface area contributed by atoms with Crippen LogP contribution in [0.5, 0.6) is 5.75 Å². The first-order valence-electron chi connectivity index (χ1n) is 9.78. The van der Waals surface area contributed by atoms with Crippen LogP contribution in [0.1, 0.15) is 17.4 Å². The molecule has 0 radical (unpaired) electrons. The van der Waals surface area contributed by atoms with Crippen LogP contribution in [0.3, 0.4) is 0 Å². The number of nitrogens with zero attached hydrogens (tertiary/aromatic N) is 4. The van der Waals surface area contributed by atoms with Gasteiger partial charge in [0.1, 0.15) is 5.75 Å². The number of benzene rings is 2. The Bertz CT molecular complexity index is 1020. The van der Waals surface area contributed by atoms with Crippen molar-refractivity contribution in [1.82, 2.24) is 9.97 Å². The van der Waals surface area contributed by atoms with E-state index in [2.05, 4.69) is 20.9 Å². The molecule has 0 bridgehead atoms. The smallest absolute Gasteiger partial charge is 0.360 e. The third-order valence-electron chi connectivity index (χ3n) is 5.03. The number of esters is 1. The zero-order valence-corrected chi connectivity index (χ0v) is 16.7. The Balaban J connectivity index is 1.62. The average molecular weight is 392 g/mol. The van der Waals surface area contributed by atoms with Crippen molar-refractivity contribution in [2.45, 2.75) is 6.92 Å². The van der Waals surface area contributed by atoms with E-state index in [-0.39, 0.29) is 5.69 Å². The molecule has 2 aromatic carbocycles. The number of hydrogen-bond acceptors (Lipinski definition) is 7. The molecule has 0 N–H and O–H groups in total. The molecule has 7 nitrogen and oxygen atoms in total. The maximum atomic E-state index is 12.5. The van der Waals surface area contributed by atoms with E-state index in [9.17, 15) is 4.79 Å². The molecule has 1 aliphatic rings. The van der Waals surface area contributed by atoms with Crippen molar-refractivity contribution >= 4 is 28.5 Å². The molecule has 29 heavy (non-hydrogen) atoms. The average Bonchev–Trinajstić information content (AvgIpc) is 2.78. The summed E-state index contributed by atoms with van der Waals surface area (Å²) in [6.07, 6.45) is 0. The summed E-state index contributed by atoms with van der Waals surface area (Å²) >= 11 is 0. The fourth-order valence-corrected chi connectivity index (χ4v) is 3.60. The van der Waals surface area contributed by atoms with Crippen molar-refractivity contribution < 1.29 is 14.3 Å². The van der Waals surface area contributed by atoms with Crippen LogP contribution in [-0.2, 0) is 4.74 Å². The third kappa shape index (κ3) is 3.81. The zero-order valence-electron chi connectivity index (χ0n) is 16.7. The summed E-state index contributed by atoms with van der Waals surface area (Å²) in [5.74, 6) is 1.01. The number of aromatic nitrogens is 2. The first-order valence-corrected chi connectivity index (χ1v) is 9.78. The van der Waals surface area contributed by atoms with Crippen LogP contribution in [0.15, 0.2) is 48.5 Å². The Labute approximate surface area is 169 Å². The van der Waals surface area contributed by atoms with Gasteiger partial charge in [-0.3, -0.25) is 0 Å². The van der Waals surface area contributed by atoms with Gasteiger partial charge >= 0.3 is 5.97 Å². The molecule has 1 fully saturated rings. The zero-order chi connectivity index (χ0) is 20.2. The van der Waals surface area contributed by atoms with Gasteiger partial charge in [-0.1, -0.05) is 24.3 Å². The first-order chi connectivity index (χ1) is 14.2. The maximum Gasteiger partial charge on any atom is 0.360 e. The van der Waals surface area contributed by atoms with Gasteiger partial charge in [-0.2, -0.15) is 0 Å². The molecule has 1 saturated heterocycles. The Morgan fingerprint density at radius 1 is 0.931 bits per heavy atom. The summed E-state index contributed by atoms with van der Waals surface area (Å²) in [6.45, 7) is 5.11. The van der Waals surface area contributed by atoms with Gasteiger partial charge in [0.2, 0.25) is 0 Å². The van der Waals surface area contributed by atoms with Gasteiger partial charge in [0, 0.05) is 26.2 Å². The molecule has 0 amide bonds. The normalized spacial score (nSPS) is 14.1. The van der Waals surface area contributed by atoms with Crippen LogP contribution in [0.4, 0.5) is 11.5 Å². The van der Waals surface area contributed by atoms with E-state index >= 15 is 0 Å². The molecular weight excluding hydrogens is 368 g/mol. The second kappa shape index (κ2) is 8.34. The van der Waals surface area contributed by atoms with Gasteiger partial charge in [0.05, 0.1) is 30.4 Å². The molecule has 150 valence electrons. The van der Waals surface area contributed by atoms with E-state index in [0.717, 1.165) is 43.1 Å². The molecule has 4 rings (SSSR count). The van der Waals surface area contributed by atoms with Crippen molar-refractivity contribution in [3.63, 3.8) is 0 Å². The van der Waals surface area contributed by atoms with Crippen molar-refractivity contribution in [3.05, 3.63) is 54.2 Å². The highest BCUT2D eigenvalue weighted by Gasteiger charge is 2.26. The lowest BCUT2D eigenvalue weighted by atomic mass is 10.2. The summed E-state index contributed by atoms with van der Waals surface area (Å²) in [5.41, 5.74) is 2.80. The summed E-state index contributed by atoms with van der Waals surface area (Å²) in [4.78, 5) is 26.3. The molecule has 2 heterocycles. The molecule has 0 spiro atoms. The van der Waals surface area contributed by atoms with Crippen LogP contribution in [0, 0.1) is 0 Å². The lowest BCUT2D eigenvalue weighted by Gasteiger charge is -2.37. The van der Waals surface area contributed by atoms with Crippen molar-refractivity contribution in [1.29, 1.82) is 0 Å². The fourth-order valence-electron chi connectivity index (χ4n) is 3.60. The van der Waals surface area contributed by atoms with E-state index in [1.807, 2.05) is 42.5 Å². The minimum atomic E-state index is -0.437. The van der Waals surface area contributed by atoms with Gasteiger partial charge in [0.25, 0.3) is 0 Å². The number of methoxy groups -OCH3 is 1. The number of carbonyl (C=O) groups is 1. The molecule has 0 saturated carbocycles. The van der Waals surface area contributed by atoms with Gasteiger partial charge in [-0.15, -0.1) is 0 Å². The number of rotatable bonds is 5. The molecule has 0 atom stereocenters. The summed E-state index contributed by atoms with van der Waals surface area (Å²) in [7, 11) is 1.69. The topological polar surface area (TPSA) is 67.8 Å². The van der Waals surface area contributed by atoms with Crippen molar-refractivity contribution in [2.24, 2.45) is 0 Å². The highest BCUT2D eigenvalue weighted by molar-refractivity contribution is 5.95. The molecule has 1 aromatic heterocycles. The van der Waals surface area contributed by atoms with Crippen LogP contribution in [0.2, 0.25) is 0 Å². The highest BCUT2D eigenvalue weighted by atomic mass is 16.5. The Morgan fingerprint density at radius 2 is 1.55 bits per heavy atom. The van der Waals surface area contributed by atoms with E-state index in [1.165, 1.54) is 0 Å². The number of hydrogen-bond donors (Lipinski definition) is 0. The van der Waals surface area contributed by atoms with Gasteiger partial charge in [0.15, 0.2) is 11.5 Å². The van der Waals surface area contributed by atoms with Gasteiger partial charge in [-0.25, -0.2) is 14.8 Å². The molecule has 0 unspecified atom stereocenters. The minimum Gasteiger partial charge on any atom is -0.495 e. The lowest BCUT2D eigenvalue weighted by Crippen LogP contribution is -2.47. The minimum absolute atomic E-state index is 0.274. The Hall–Kier alpha value is -3.35. The van der Waals surface area contributed by atoms with Crippen molar-refractivity contribution in [2.75, 3.05) is 49.7 Å². The van der Waals surface area contributed by atoms with Gasteiger partial charge < -0.3 is 19.3 Å². The molecular formula is C22H24N4O3. The SMILES string of the molecule is CCOC(=O)c1nc2ccccc2nc1N1CCN(c2ccccc2OC)CC1. The Morgan fingerprint density at radius 3 is 2.24 bits per heavy atom. The van der Waals surface area contributed by atoms with Crippen LogP contribution >= 0.6 is 0 Å². The number of anilines is 2.